The standard InChI is InChI=1S/C15H20N2O2/c16-13-2-1-12-3-6-17(15(18)14(12)9-13)10-11-4-7-19-8-5-11/h1-2,9,11H,3-8,10,16H2. The molecule has 2 aliphatic heterocycles. The molecular weight excluding hydrogens is 240 g/mol. The lowest BCUT2D eigenvalue weighted by atomic mass is 9.95. The summed E-state index contributed by atoms with van der Waals surface area (Å²) in [6, 6.07) is 5.67. The van der Waals surface area contributed by atoms with E-state index < -0.39 is 0 Å². The van der Waals surface area contributed by atoms with Gasteiger partial charge >= 0.3 is 0 Å². The molecule has 102 valence electrons. The van der Waals surface area contributed by atoms with Gasteiger partial charge in [0.2, 0.25) is 0 Å². The van der Waals surface area contributed by atoms with Crippen LogP contribution < -0.4 is 5.73 Å². The lowest BCUT2D eigenvalue weighted by molar-refractivity contribution is 0.0449. The molecule has 2 heterocycles. The number of carbonyl (C=O) groups is 1. The zero-order valence-corrected chi connectivity index (χ0v) is 11.1. The Morgan fingerprint density at radius 3 is 2.89 bits per heavy atom. The van der Waals surface area contributed by atoms with Crippen molar-refractivity contribution in [1.82, 2.24) is 4.90 Å². The summed E-state index contributed by atoms with van der Waals surface area (Å²) >= 11 is 0. The average Bonchev–Trinajstić information content (AvgIpc) is 2.44. The van der Waals surface area contributed by atoms with Gasteiger partial charge in [-0.3, -0.25) is 4.79 Å². The molecule has 19 heavy (non-hydrogen) atoms. The molecule has 0 aliphatic carbocycles. The van der Waals surface area contributed by atoms with Crippen LogP contribution in [0.5, 0.6) is 0 Å². The number of rotatable bonds is 2. The molecule has 0 unspecified atom stereocenters. The number of benzene rings is 1. The Labute approximate surface area is 113 Å². The van der Waals surface area contributed by atoms with E-state index in [1.165, 1.54) is 0 Å². The first kappa shape index (κ1) is 12.5. The van der Waals surface area contributed by atoms with Crippen LogP contribution in [-0.4, -0.2) is 37.1 Å². The number of hydrogen-bond acceptors (Lipinski definition) is 3. The molecule has 0 atom stereocenters. The fourth-order valence-electron chi connectivity index (χ4n) is 2.95. The second-order valence-electron chi connectivity index (χ2n) is 5.47. The Morgan fingerprint density at radius 2 is 2.11 bits per heavy atom. The van der Waals surface area contributed by atoms with E-state index in [0.717, 1.165) is 56.7 Å². The maximum Gasteiger partial charge on any atom is 0.254 e. The molecule has 0 bridgehead atoms. The molecule has 1 amide bonds. The minimum atomic E-state index is 0.139. The van der Waals surface area contributed by atoms with E-state index in [0.29, 0.717) is 11.6 Å². The largest absolute Gasteiger partial charge is 0.399 e. The van der Waals surface area contributed by atoms with Gasteiger partial charge in [0, 0.05) is 37.6 Å². The third kappa shape index (κ3) is 2.59. The van der Waals surface area contributed by atoms with Crippen LogP contribution in [0.1, 0.15) is 28.8 Å². The topological polar surface area (TPSA) is 55.6 Å². The molecule has 2 N–H and O–H groups in total. The molecule has 0 radical (unpaired) electrons. The minimum Gasteiger partial charge on any atom is -0.399 e. The Hall–Kier alpha value is -1.55. The SMILES string of the molecule is Nc1ccc2c(c1)C(=O)N(CC1CCOCC1)CC2. The van der Waals surface area contributed by atoms with Crippen LogP contribution in [0, 0.1) is 5.92 Å². The lowest BCUT2D eigenvalue weighted by Crippen LogP contribution is -2.41. The highest BCUT2D eigenvalue weighted by atomic mass is 16.5. The zero-order chi connectivity index (χ0) is 13.2. The number of nitrogen functional groups attached to an aromatic ring is 1. The Kier molecular flexibility index (Phi) is 3.42. The summed E-state index contributed by atoms with van der Waals surface area (Å²) in [5.74, 6) is 0.723. The molecule has 3 rings (SSSR count). The van der Waals surface area contributed by atoms with Gasteiger partial charge in [-0.1, -0.05) is 6.07 Å². The van der Waals surface area contributed by atoms with Crippen molar-refractivity contribution < 1.29 is 9.53 Å². The molecule has 0 spiro atoms. The molecular formula is C15H20N2O2. The summed E-state index contributed by atoms with van der Waals surface area (Å²) in [6.45, 7) is 3.34. The number of nitrogens with zero attached hydrogens (tertiary/aromatic N) is 1. The third-order valence-corrected chi connectivity index (χ3v) is 4.12. The van der Waals surface area contributed by atoms with Crippen molar-refractivity contribution in [2.24, 2.45) is 5.92 Å². The maximum atomic E-state index is 12.5. The van der Waals surface area contributed by atoms with Gasteiger partial charge in [-0.2, -0.15) is 0 Å². The number of amides is 1. The van der Waals surface area contributed by atoms with Crippen LogP contribution in [-0.2, 0) is 11.2 Å². The summed E-state index contributed by atoms with van der Waals surface area (Å²) in [5, 5.41) is 0. The predicted molar refractivity (Wildman–Crippen MR) is 74.0 cm³/mol. The van der Waals surface area contributed by atoms with Crippen LogP contribution in [0.15, 0.2) is 18.2 Å². The molecule has 0 aromatic heterocycles. The quantitative estimate of drug-likeness (QED) is 0.823. The normalized spacial score (nSPS) is 20.4. The second-order valence-corrected chi connectivity index (χ2v) is 5.47. The van der Waals surface area contributed by atoms with Crippen molar-refractivity contribution in [2.45, 2.75) is 19.3 Å². The summed E-state index contributed by atoms with van der Waals surface area (Å²) in [7, 11) is 0. The van der Waals surface area contributed by atoms with E-state index in [2.05, 4.69) is 0 Å². The van der Waals surface area contributed by atoms with Crippen LogP contribution >= 0.6 is 0 Å². The summed E-state index contributed by atoms with van der Waals surface area (Å²) < 4.78 is 5.37. The highest BCUT2D eigenvalue weighted by molar-refractivity contribution is 5.97. The number of nitrogens with two attached hydrogens (primary N) is 1. The lowest BCUT2D eigenvalue weighted by Gasteiger charge is -2.33. The molecule has 0 saturated carbocycles. The van der Waals surface area contributed by atoms with Crippen LogP contribution in [0.25, 0.3) is 0 Å². The molecule has 1 aromatic rings. The Bertz CT molecular complexity index is 481. The first-order chi connectivity index (χ1) is 9.24. The molecule has 4 heteroatoms. The Morgan fingerprint density at radius 1 is 1.32 bits per heavy atom. The van der Waals surface area contributed by atoms with Gasteiger partial charge in [-0.25, -0.2) is 0 Å². The summed E-state index contributed by atoms with van der Waals surface area (Å²) in [5.41, 5.74) is 8.37. The van der Waals surface area contributed by atoms with E-state index in [1.807, 2.05) is 23.1 Å². The molecule has 1 fully saturated rings. The molecule has 2 aliphatic rings. The van der Waals surface area contributed by atoms with Crippen LogP contribution in [0.2, 0.25) is 0 Å². The average molecular weight is 260 g/mol. The van der Waals surface area contributed by atoms with Gasteiger partial charge in [0.15, 0.2) is 0 Å². The fourth-order valence-corrected chi connectivity index (χ4v) is 2.95. The number of anilines is 1. The van der Waals surface area contributed by atoms with Crippen molar-refractivity contribution in [3.05, 3.63) is 29.3 Å². The Balaban J connectivity index is 1.73. The van der Waals surface area contributed by atoms with Crippen molar-refractivity contribution in [2.75, 3.05) is 32.0 Å². The van der Waals surface area contributed by atoms with Gasteiger partial charge in [0.1, 0.15) is 0 Å². The molecule has 1 saturated heterocycles. The first-order valence-electron chi connectivity index (χ1n) is 6.99. The van der Waals surface area contributed by atoms with E-state index >= 15 is 0 Å². The van der Waals surface area contributed by atoms with Crippen molar-refractivity contribution >= 4 is 11.6 Å². The van der Waals surface area contributed by atoms with Crippen LogP contribution in [0.4, 0.5) is 5.69 Å². The highest BCUT2D eigenvalue weighted by Gasteiger charge is 2.27. The number of fused-ring (bicyclic) bond motifs is 1. The van der Waals surface area contributed by atoms with E-state index in [4.69, 9.17) is 10.5 Å². The predicted octanol–water partition coefficient (Wildman–Crippen LogP) is 1.69. The van der Waals surface area contributed by atoms with Gasteiger partial charge in [0.05, 0.1) is 0 Å². The second kappa shape index (κ2) is 5.21. The smallest absolute Gasteiger partial charge is 0.254 e. The van der Waals surface area contributed by atoms with Gasteiger partial charge in [-0.05, 0) is 42.9 Å². The first-order valence-corrected chi connectivity index (χ1v) is 6.99. The summed E-state index contributed by atoms with van der Waals surface area (Å²) in [6.07, 6.45) is 3.06. The van der Waals surface area contributed by atoms with E-state index in [9.17, 15) is 4.79 Å². The number of carbonyl (C=O) groups excluding carboxylic acids is 1. The van der Waals surface area contributed by atoms with Gasteiger partial charge in [0.25, 0.3) is 5.91 Å². The molecule has 1 aromatic carbocycles. The zero-order valence-electron chi connectivity index (χ0n) is 11.1. The highest BCUT2D eigenvalue weighted by Crippen LogP contribution is 2.24. The van der Waals surface area contributed by atoms with Crippen molar-refractivity contribution in [3.63, 3.8) is 0 Å². The summed E-state index contributed by atoms with van der Waals surface area (Å²) in [4.78, 5) is 14.5. The van der Waals surface area contributed by atoms with Crippen molar-refractivity contribution in [3.8, 4) is 0 Å². The van der Waals surface area contributed by atoms with Gasteiger partial charge in [-0.15, -0.1) is 0 Å². The number of hydrogen-bond donors (Lipinski definition) is 1. The fraction of sp³-hybridized carbons (Fsp3) is 0.533. The van der Waals surface area contributed by atoms with E-state index in [-0.39, 0.29) is 5.91 Å². The monoisotopic (exact) mass is 260 g/mol. The van der Waals surface area contributed by atoms with E-state index in [1.54, 1.807) is 0 Å². The third-order valence-electron chi connectivity index (χ3n) is 4.12. The van der Waals surface area contributed by atoms with Gasteiger partial charge < -0.3 is 15.4 Å². The minimum absolute atomic E-state index is 0.139. The maximum absolute atomic E-state index is 12.5. The molecule has 4 nitrogen and oxygen atoms in total. The van der Waals surface area contributed by atoms with Crippen molar-refractivity contribution in [1.29, 1.82) is 0 Å². The van der Waals surface area contributed by atoms with Crippen LogP contribution in [0.3, 0.4) is 0 Å². The number of ether oxygens (including phenoxy) is 1.